The van der Waals surface area contributed by atoms with Crippen LogP contribution in [0.4, 0.5) is 23.5 Å². The molecule has 0 saturated carbocycles. The maximum atomic E-state index is 8.30. The topological polar surface area (TPSA) is 17.1 Å². The van der Waals surface area contributed by atoms with Crippen LogP contribution in [0.3, 0.4) is 0 Å². The van der Waals surface area contributed by atoms with Crippen molar-refractivity contribution in [2.24, 2.45) is 0 Å². The first-order chi connectivity index (χ1) is 1.00. The van der Waals surface area contributed by atoms with Gasteiger partial charge in [-0.1, -0.05) is 0 Å². The molecule has 0 aliphatic rings. The molecule has 0 heterocycles. The van der Waals surface area contributed by atoms with Crippen molar-refractivity contribution in [3.05, 3.63) is 0 Å². The minimum absolute atomic E-state index is 0. The molecule has 0 radical (unpaired) electrons. The average Bonchev–Trinajstić information content (AvgIpc) is 1.00. The second kappa shape index (κ2) is 162. The Labute approximate surface area is 97.5 Å². The zero-order chi connectivity index (χ0) is 2.00. The minimum atomic E-state index is 0. The average molecular weight is 248 g/mol. The van der Waals surface area contributed by atoms with Crippen LogP contribution < -0.4 is 51.4 Å². The van der Waals surface area contributed by atoms with Crippen LogP contribution in [0.15, 0.2) is 0 Å². The van der Waals surface area contributed by atoms with E-state index in [1.54, 1.807) is 0 Å². The monoisotopic (exact) mass is 248 g/mol. The normalized spacial score (nSPS) is 0.375. The molecule has 0 aliphatic carbocycles. The Bertz CT molecular complexity index is 12.4. The first-order valence-corrected chi connectivity index (χ1v) is 1.08. The summed E-state index contributed by atoms with van der Waals surface area (Å²) in [7, 11) is 0. The number of halogens is 5. The summed E-state index contributed by atoms with van der Waals surface area (Å²) in [6, 6.07) is 0. The van der Waals surface area contributed by atoms with Crippen LogP contribution in [0.5, 0.6) is 0 Å². The van der Waals surface area contributed by atoms with Crippen molar-refractivity contribution in [2.45, 2.75) is 0 Å². The molecule has 8 heteroatoms. The fourth-order valence-electron chi connectivity index (χ4n) is 0. The van der Waals surface area contributed by atoms with Crippen LogP contribution >= 0.6 is 0 Å². The molecule has 1 nitrogen and oxygen atoms in total. The van der Waals surface area contributed by atoms with E-state index in [0.717, 1.165) is 0 Å². The van der Waals surface area contributed by atoms with Crippen molar-refractivity contribution < 1.29 is 99.2 Å². The zero-order valence-electron chi connectivity index (χ0n) is 3.90. The third kappa shape index (κ3) is 109. The van der Waals surface area contributed by atoms with Crippen molar-refractivity contribution in [1.82, 2.24) is 0 Å². The van der Waals surface area contributed by atoms with E-state index < -0.39 is 0 Å². The molecular formula is H5F5KNbO+. The van der Waals surface area contributed by atoms with E-state index >= 15 is 0 Å². The molecule has 0 aromatic heterocycles. The van der Waals surface area contributed by atoms with Crippen LogP contribution in [-0.4, -0.2) is 0 Å². The summed E-state index contributed by atoms with van der Waals surface area (Å²) >= 11 is 0.500. The quantitative estimate of drug-likeness (QED) is 0.346. The Morgan fingerprint density at radius 2 is 0.625 bits per heavy atom. The van der Waals surface area contributed by atoms with E-state index in [0.29, 0.717) is 21.0 Å². The molecule has 0 atom stereocenters. The molecule has 8 heavy (non-hydrogen) atoms. The van der Waals surface area contributed by atoms with Crippen LogP contribution in [0.2, 0.25) is 0 Å². The summed E-state index contributed by atoms with van der Waals surface area (Å²) in [5, 5.41) is 0. The molecular weight excluding hydrogens is 243 g/mol. The summed E-state index contributed by atoms with van der Waals surface area (Å²) in [6.45, 7) is 0. The van der Waals surface area contributed by atoms with Crippen molar-refractivity contribution >= 4 is 0 Å². The summed E-state index contributed by atoms with van der Waals surface area (Å²) in [4.78, 5) is 0. The Morgan fingerprint density at radius 1 is 0.625 bits per heavy atom. The second-order valence-corrected chi connectivity index (χ2v) is 0. The Balaban J connectivity index is -0.000000000333. The van der Waals surface area contributed by atoms with Crippen LogP contribution in [0.1, 0.15) is 0 Å². The van der Waals surface area contributed by atoms with Gasteiger partial charge in [0.15, 0.2) is 0 Å². The van der Waals surface area contributed by atoms with E-state index in [1.165, 1.54) is 0 Å². The number of hydrogen-bond acceptors (Lipinski definition) is 1. The fourth-order valence-corrected chi connectivity index (χ4v) is 0. The van der Waals surface area contributed by atoms with E-state index in [4.69, 9.17) is 3.25 Å². The maximum absolute atomic E-state index is 8.30. The first kappa shape index (κ1) is 95.8. The molecule has 0 unspecified atom stereocenters. The molecule has 0 saturated heterocycles. The van der Waals surface area contributed by atoms with Gasteiger partial charge in [-0.3, -0.25) is 23.5 Å². The van der Waals surface area contributed by atoms with Gasteiger partial charge in [0.2, 0.25) is 0 Å². The second-order valence-electron chi connectivity index (χ2n) is 0. The van der Waals surface area contributed by atoms with E-state index in [2.05, 4.69) is 0 Å². The number of rotatable bonds is 0. The van der Waals surface area contributed by atoms with Crippen molar-refractivity contribution in [3.63, 3.8) is 0 Å². The van der Waals surface area contributed by atoms with Gasteiger partial charge in [0, 0.05) is 0 Å². The van der Waals surface area contributed by atoms with Crippen molar-refractivity contribution in [3.8, 4) is 0 Å². The predicted octanol–water partition coefficient (Wildman–Crippen LogP) is -2.35. The van der Waals surface area contributed by atoms with Gasteiger partial charge in [0.05, 0.1) is 0 Å². The molecule has 0 aromatic carbocycles. The van der Waals surface area contributed by atoms with E-state index in [-0.39, 0.29) is 74.9 Å². The van der Waals surface area contributed by atoms with Crippen molar-refractivity contribution in [2.75, 3.05) is 0 Å². The molecule has 0 fully saturated rings. The van der Waals surface area contributed by atoms with Gasteiger partial charge in [-0.25, -0.2) is 0 Å². The van der Waals surface area contributed by atoms with Crippen LogP contribution in [-0.2, 0) is 24.3 Å². The summed E-state index contributed by atoms with van der Waals surface area (Å²) < 4.78 is 8.30. The summed E-state index contributed by atoms with van der Waals surface area (Å²) in [6.07, 6.45) is 0. The zero-order valence-corrected chi connectivity index (χ0v) is 9.22. The Kier molecular flexibility index (Phi) is 1940. The van der Waals surface area contributed by atoms with Gasteiger partial charge >= 0.3 is 75.7 Å². The Morgan fingerprint density at radius 3 is 0.625 bits per heavy atom. The van der Waals surface area contributed by atoms with Crippen LogP contribution in [0.25, 0.3) is 0 Å². The predicted molar refractivity (Wildman–Crippen MR) is 13.2 cm³/mol. The SMILES string of the molecule is F.F.F.F.F.[K+].[O]=[Nb]. The molecule has 0 N–H and O–H groups in total. The van der Waals surface area contributed by atoms with E-state index in [9.17, 15) is 0 Å². The third-order valence-electron chi connectivity index (χ3n) is 0. The van der Waals surface area contributed by atoms with Gasteiger partial charge in [-0.15, -0.1) is 0 Å². The molecule has 51 valence electrons. The van der Waals surface area contributed by atoms with Crippen molar-refractivity contribution in [1.29, 1.82) is 0 Å². The van der Waals surface area contributed by atoms with Gasteiger partial charge in [-0.05, 0) is 0 Å². The van der Waals surface area contributed by atoms with Gasteiger partial charge in [0.1, 0.15) is 0 Å². The fraction of sp³-hybridized carbons (Fsp3) is 0. The molecule has 0 spiro atoms. The molecule has 0 aliphatic heterocycles. The van der Waals surface area contributed by atoms with Gasteiger partial charge in [-0.2, -0.15) is 0 Å². The summed E-state index contributed by atoms with van der Waals surface area (Å²) in [5.74, 6) is 0. The first-order valence-electron chi connectivity index (χ1n) is 0.183. The number of hydrogen-bond donors (Lipinski definition) is 0. The molecule has 0 bridgehead atoms. The molecule has 0 aromatic rings. The molecule has 0 amide bonds. The van der Waals surface area contributed by atoms with Crippen LogP contribution in [0, 0.1) is 0 Å². The van der Waals surface area contributed by atoms with Gasteiger partial charge in [0.25, 0.3) is 0 Å². The Hall–Kier alpha value is 1.83. The standard InChI is InChI=1S/5FH.K.Nb.O/h5*1H;;;/q;;;;;+1;;. The summed E-state index contributed by atoms with van der Waals surface area (Å²) in [5.41, 5.74) is 0. The van der Waals surface area contributed by atoms with Gasteiger partial charge < -0.3 is 0 Å². The molecule has 0 rings (SSSR count). The third-order valence-corrected chi connectivity index (χ3v) is 0. The van der Waals surface area contributed by atoms with E-state index in [1.807, 2.05) is 0 Å².